The van der Waals surface area contributed by atoms with Gasteiger partial charge in [0.05, 0.1) is 12.9 Å². The standard InChI is InChI=1S/C19H20N2O3S/c1-3-17(22)20-14-7-4-6-13(10-14)19-21(18(23)12-25-19)15-8-5-9-16(11-15)24-2/h4-11,19H,3,12H2,1-2H3,(H,20,22). The predicted molar refractivity (Wildman–Crippen MR) is 101 cm³/mol. The van der Waals surface area contributed by atoms with E-state index in [1.807, 2.05) is 55.5 Å². The van der Waals surface area contributed by atoms with Crippen LogP contribution < -0.4 is 15.0 Å². The molecule has 1 aliphatic rings. The lowest BCUT2D eigenvalue weighted by atomic mass is 10.1. The van der Waals surface area contributed by atoms with E-state index in [0.29, 0.717) is 17.9 Å². The third kappa shape index (κ3) is 3.79. The molecule has 0 spiro atoms. The first kappa shape index (κ1) is 17.4. The lowest BCUT2D eigenvalue weighted by molar-refractivity contribution is -0.116. The van der Waals surface area contributed by atoms with Crippen molar-refractivity contribution in [3.63, 3.8) is 0 Å². The summed E-state index contributed by atoms with van der Waals surface area (Å²) < 4.78 is 5.27. The van der Waals surface area contributed by atoms with Gasteiger partial charge in [0.1, 0.15) is 11.1 Å². The van der Waals surface area contributed by atoms with Gasteiger partial charge in [-0.2, -0.15) is 0 Å². The van der Waals surface area contributed by atoms with Crippen molar-refractivity contribution in [1.29, 1.82) is 0 Å². The zero-order chi connectivity index (χ0) is 17.8. The molecule has 2 aromatic rings. The van der Waals surface area contributed by atoms with Gasteiger partial charge in [-0.25, -0.2) is 0 Å². The Morgan fingerprint density at radius 2 is 2.08 bits per heavy atom. The molecule has 3 rings (SSSR count). The van der Waals surface area contributed by atoms with Crippen molar-refractivity contribution in [2.24, 2.45) is 0 Å². The maximum absolute atomic E-state index is 12.5. The number of nitrogens with one attached hydrogen (secondary N) is 1. The van der Waals surface area contributed by atoms with Crippen molar-refractivity contribution in [3.05, 3.63) is 54.1 Å². The van der Waals surface area contributed by atoms with E-state index in [-0.39, 0.29) is 17.2 Å². The van der Waals surface area contributed by atoms with Crippen LogP contribution in [0.1, 0.15) is 24.3 Å². The van der Waals surface area contributed by atoms with Crippen LogP contribution in [0.4, 0.5) is 11.4 Å². The molecule has 1 heterocycles. The van der Waals surface area contributed by atoms with Crippen LogP contribution in [0.2, 0.25) is 0 Å². The molecule has 1 unspecified atom stereocenters. The van der Waals surface area contributed by atoms with Crippen molar-refractivity contribution in [1.82, 2.24) is 0 Å². The van der Waals surface area contributed by atoms with Gasteiger partial charge in [0, 0.05) is 23.9 Å². The molecule has 2 amide bonds. The molecule has 25 heavy (non-hydrogen) atoms. The maximum Gasteiger partial charge on any atom is 0.238 e. The van der Waals surface area contributed by atoms with Crippen LogP contribution in [-0.2, 0) is 9.59 Å². The minimum absolute atomic E-state index is 0.0306. The van der Waals surface area contributed by atoms with Gasteiger partial charge in [0.15, 0.2) is 0 Å². The Labute approximate surface area is 151 Å². The van der Waals surface area contributed by atoms with Gasteiger partial charge >= 0.3 is 0 Å². The van der Waals surface area contributed by atoms with Gasteiger partial charge in [-0.05, 0) is 29.8 Å². The van der Waals surface area contributed by atoms with E-state index in [9.17, 15) is 9.59 Å². The first-order valence-corrected chi connectivity index (χ1v) is 9.14. The largest absolute Gasteiger partial charge is 0.497 e. The van der Waals surface area contributed by atoms with Crippen LogP contribution in [0.3, 0.4) is 0 Å². The van der Waals surface area contributed by atoms with Crippen LogP contribution in [0.25, 0.3) is 0 Å². The summed E-state index contributed by atoms with van der Waals surface area (Å²) in [6, 6.07) is 15.2. The van der Waals surface area contributed by atoms with Crippen LogP contribution in [0, 0.1) is 0 Å². The molecule has 1 N–H and O–H groups in total. The summed E-state index contributed by atoms with van der Waals surface area (Å²) in [6.45, 7) is 1.81. The highest BCUT2D eigenvalue weighted by Crippen LogP contribution is 2.42. The molecular formula is C19H20N2O3S. The Hall–Kier alpha value is -2.47. The van der Waals surface area contributed by atoms with Crippen LogP contribution in [0.15, 0.2) is 48.5 Å². The molecule has 0 radical (unpaired) electrons. The summed E-state index contributed by atoms with van der Waals surface area (Å²) >= 11 is 1.58. The SMILES string of the molecule is CCC(=O)Nc1cccc(C2SCC(=O)N2c2cccc(OC)c2)c1. The highest BCUT2D eigenvalue weighted by atomic mass is 32.2. The maximum atomic E-state index is 12.5. The average Bonchev–Trinajstić information content (AvgIpc) is 3.03. The summed E-state index contributed by atoms with van der Waals surface area (Å²) in [6.07, 6.45) is 0.427. The Bertz CT molecular complexity index is 794. The molecule has 1 aliphatic heterocycles. The molecule has 6 heteroatoms. The second-order valence-electron chi connectivity index (χ2n) is 5.66. The average molecular weight is 356 g/mol. The third-order valence-electron chi connectivity index (χ3n) is 3.98. The van der Waals surface area contributed by atoms with Crippen molar-refractivity contribution in [2.75, 3.05) is 23.1 Å². The van der Waals surface area contributed by atoms with Gasteiger partial charge in [0.2, 0.25) is 11.8 Å². The van der Waals surface area contributed by atoms with Crippen molar-refractivity contribution < 1.29 is 14.3 Å². The van der Waals surface area contributed by atoms with E-state index in [1.54, 1.807) is 23.8 Å². The smallest absolute Gasteiger partial charge is 0.238 e. The summed E-state index contributed by atoms with van der Waals surface area (Å²) in [7, 11) is 1.61. The molecular weight excluding hydrogens is 336 g/mol. The van der Waals surface area contributed by atoms with Gasteiger partial charge in [-0.15, -0.1) is 11.8 Å². The summed E-state index contributed by atoms with van der Waals surface area (Å²) in [5.74, 6) is 1.17. The quantitative estimate of drug-likeness (QED) is 0.885. The summed E-state index contributed by atoms with van der Waals surface area (Å²) in [4.78, 5) is 25.9. The first-order chi connectivity index (χ1) is 12.1. The number of hydrogen-bond donors (Lipinski definition) is 1. The fourth-order valence-electron chi connectivity index (χ4n) is 2.73. The molecule has 0 saturated carbocycles. The number of nitrogens with zero attached hydrogens (tertiary/aromatic N) is 1. The van der Waals surface area contributed by atoms with Crippen molar-refractivity contribution >= 4 is 35.0 Å². The fraction of sp³-hybridized carbons (Fsp3) is 0.263. The number of amides is 2. The zero-order valence-electron chi connectivity index (χ0n) is 14.2. The van der Waals surface area contributed by atoms with E-state index in [4.69, 9.17) is 4.74 Å². The highest BCUT2D eigenvalue weighted by molar-refractivity contribution is 8.00. The number of anilines is 2. The Morgan fingerprint density at radius 3 is 2.84 bits per heavy atom. The van der Waals surface area contributed by atoms with Gasteiger partial charge in [-0.3, -0.25) is 14.5 Å². The van der Waals surface area contributed by atoms with Crippen LogP contribution in [-0.4, -0.2) is 24.7 Å². The molecule has 0 aromatic heterocycles. The van der Waals surface area contributed by atoms with Gasteiger partial charge in [-0.1, -0.05) is 25.1 Å². The van der Waals surface area contributed by atoms with Crippen molar-refractivity contribution in [3.8, 4) is 5.75 Å². The first-order valence-electron chi connectivity index (χ1n) is 8.10. The molecule has 1 atom stereocenters. The summed E-state index contributed by atoms with van der Waals surface area (Å²) in [5.41, 5.74) is 2.53. The lowest BCUT2D eigenvalue weighted by Gasteiger charge is -2.25. The number of carbonyl (C=O) groups excluding carboxylic acids is 2. The van der Waals surface area contributed by atoms with Crippen LogP contribution in [0.5, 0.6) is 5.75 Å². The second-order valence-corrected chi connectivity index (χ2v) is 6.72. The molecule has 2 aromatic carbocycles. The molecule has 130 valence electrons. The summed E-state index contributed by atoms with van der Waals surface area (Å²) in [5, 5.41) is 2.74. The Kier molecular flexibility index (Phi) is 5.28. The van der Waals surface area contributed by atoms with Crippen molar-refractivity contribution in [2.45, 2.75) is 18.7 Å². The molecule has 0 bridgehead atoms. The number of thioether (sulfide) groups is 1. The minimum atomic E-state index is -0.127. The topological polar surface area (TPSA) is 58.6 Å². The van der Waals surface area contributed by atoms with Gasteiger partial charge < -0.3 is 10.1 Å². The number of ether oxygens (including phenoxy) is 1. The fourth-order valence-corrected chi connectivity index (χ4v) is 3.90. The van der Waals surface area contributed by atoms with E-state index in [1.165, 1.54) is 0 Å². The Balaban J connectivity index is 1.91. The number of benzene rings is 2. The number of hydrogen-bond acceptors (Lipinski definition) is 4. The van der Waals surface area contributed by atoms with E-state index in [2.05, 4.69) is 5.32 Å². The molecule has 5 nitrogen and oxygen atoms in total. The number of methoxy groups -OCH3 is 1. The highest BCUT2D eigenvalue weighted by Gasteiger charge is 2.34. The minimum Gasteiger partial charge on any atom is -0.497 e. The third-order valence-corrected chi connectivity index (χ3v) is 5.19. The lowest BCUT2D eigenvalue weighted by Crippen LogP contribution is -2.27. The van der Waals surface area contributed by atoms with Crippen LogP contribution >= 0.6 is 11.8 Å². The number of rotatable bonds is 5. The zero-order valence-corrected chi connectivity index (χ0v) is 15.0. The van der Waals surface area contributed by atoms with E-state index in [0.717, 1.165) is 16.9 Å². The monoisotopic (exact) mass is 356 g/mol. The van der Waals surface area contributed by atoms with Gasteiger partial charge in [0.25, 0.3) is 0 Å². The van der Waals surface area contributed by atoms with E-state index < -0.39 is 0 Å². The predicted octanol–water partition coefficient (Wildman–Crippen LogP) is 3.82. The number of carbonyl (C=O) groups is 2. The molecule has 0 aliphatic carbocycles. The molecule has 1 fully saturated rings. The normalized spacial score (nSPS) is 16.8. The Morgan fingerprint density at radius 1 is 1.28 bits per heavy atom. The van der Waals surface area contributed by atoms with E-state index >= 15 is 0 Å². The molecule has 1 saturated heterocycles. The second kappa shape index (κ2) is 7.61.